The number of rotatable bonds is 1. The van der Waals surface area contributed by atoms with Crippen molar-refractivity contribution in [3.63, 3.8) is 0 Å². The lowest BCUT2D eigenvalue weighted by molar-refractivity contribution is 0.169. The van der Waals surface area contributed by atoms with E-state index >= 15 is 0 Å². The number of halogens is 2. The van der Waals surface area contributed by atoms with Crippen LogP contribution in [0.15, 0.2) is 28.7 Å². The van der Waals surface area contributed by atoms with Gasteiger partial charge in [-0.3, -0.25) is 0 Å². The molecule has 0 spiro atoms. The summed E-state index contributed by atoms with van der Waals surface area (Å²) in [6, 6.07) is 8.78. The van der Waals surface area contributed by atoms with Gasteiger partial charge in [0.15, 0.2) is 0 Å². The monoisotopic (exact) mass is 318 g/mol. The Labute approximate surface area is 115 Å². The maximum atomic E-state index is 8.77. The molecule has 0 aromatic heterocycles. The van der Waals surface area contributed by atoms with Crippen LogP contribution in [0.4, 0.5) is 4.79 Å². The van der Waals surface area contributed by atoms with Crippen molar-refractivity contribution in [2.45, 2.75) is 26.2 Å². The average molecular weight is 320 g/mol. The molecule has 2 rings (SSSR count). The molecule has 1 fully saturated rings. The zero-order valence-corrected chi connectivity index (χ0v) is 12.2. The molecule has 2 nitrogen and oxygen atoms in total. The van der Waals surface area contributed by atoms with Gasteiger partial charge in [-0.05, 0) is 41.9 Å². The van der Waals surface area contributed by atoms with Crippen molar-refractivity contribution in [3.05, 3.63) is 34.3 Å². The standard InChI is InChI=1S/C12H15Br.CHClO2/c1-8-7-12(9(8)2)10-3-5-11(13)6-4-10;2-1(3)4/h3-6,8-9,12H,7H2,1-2H3;(H,3,4). The van der Waals surface area contributed by atoms with Crippen molar-refractivity contribution in [1.82, 2.24) is 0 Å². The van der Waals surface area contributed by atoms with Crippen LogP contribution in [-0.4, -0.2) is 10.5 Å². The fraction of sp³-hybridized carbons (Fsp3) is 0.462. The summed E-state index contributed by atoms with van der Waals surface area (Å²) in [6.07, 6.45) is 1.36. The van der Waals surface area contributed by atoms with Crippen LogP contribution in [0.25, 0.3) is 0 Å². The Morgan fingerprint density at radius 2 is 1.82 bits per heavy atom. The summed E-state index contributed by atoms with van der Waals surface area (Å²) in [5, 5.41) is 7.18. The first-order valence-electron chi connectivity index (χ1n) is 5.55. The van der Waals surface area contributed by atoms with Gasteiger partial charge in [0, 0.05) is 16.1 Å². The Kier molecular flexibility index (Phi) is 5.47. The maximum absolute atomic E-state index is 8.77. The van der Waals surface area contributed by atoms with Gasteiger partial charge in [0.1, 0.15) is 0 Å². The van der Waals surface area contributed by atoms with Gasteiger partial charge in [0.25, 0.3) is 0 Å². The first kappa shape index (κ1) is 14.5. The van der Waals surface area contributed by atoms with E-state index in [-0.39, 0.29) is 0 Å². The maximum Gasteiger partial charge on any atom is 0.401 e. The van der Waals surface area contributed by atoms with Crippen LogP contribution in [-0.2, 0) is 0 Å². The Morgan fingerprint density at radius 3 is 2.18 bits per heavy atom. The van der Waals surface area contributed by atoms with Crippen molar-refractivity contribution >= 4 is 33.0 Å². The largest absolute Gasteiger partial charge is 0.469 e. The molecule has 1 saturated carbocycles. The van der Waals surface area contributed by atoms with Crippen LogP contribution in [0.2, 0.25) is 0 Å². The molecule has 0 heterocycles. The van der Waals surface area contributed by atoms with Crippen LogP contribution in [0.1, 0.15) is 31.7 Å². The third kappa shape index (κ3) is 4.32. The SMILES string of the molecule is CC1CC(c2ccc(Br)cc2)C1C.O=C(O)Cl. The van der Waals surface area contributed by atoms with E-state index in [0.717, 1.165) is 17.8 Å². The highest BCUT2D eigenvalue weighted by molar-refractivity contribution is 9.10. The van der Waals surface area contributed by atoms with Crippen LogP contribution in [0.5, 0.6) is 0 Å². The summed E-state index contributed by atoms with van der Waals surface area (Å²) >= 11 is 7.65. The fourth-order valence-corrected chi connectivity index (χ4v) is 2.44. The molecule has 1 N–H and O–H groups in total. The molecule has 1 aromatic carbocycles. The van der Waals surface area contributed by atoms with Gasteiger partial charge in [-0.25, -0.2) is 4.79 Å². The quantitative estimate of drug-likeness (QED) is 0.730. The zero-order valence-electron chi connectivity index (χ0n) is 9.86. The smallest absolute Gasteiger partial charge is 0.401 e. The van der Waals surface area contributed by atoms with Gasteiger partial charge in [-0.1, -0.05) is 41.9 Å². The second kappa shape index (κ2) is 6.41. The van der Waals surface area contributed by atoms with E-state index in [1.165, 1.54) is 16.5 Å². The third-order valence-electron chi connectivity index (χ3n) is 3.46. The third-order valence-corrected chi connectivity index (χ3v) is 3.98. The van der Waals surface area contributed by atoms with Gasteiger partial charge >= 0.3 is 5.43 Å². The number of benzene rings is 1. The van der Waals surface area contributed by atoms with Crippen molar-refractivity contribution in [3.8, 4) is 0 Å². The van der Waals surface area contributed by atoms with Gasteiger partial charge in [0.2, 0.25) is 0 Å². The number of hydrogen-bond acceptors (Lipinski definition) is 1. The molecule has 0 aliphatic heterocycles. The summed E-state index contributed by atoms with van der Waals surface area (Å²) in [5.74, 6) is 2.58. The van der Waals surface area contributed by atoms with Crippen LogP contribution in [0, 0.1) is 11.8 Å². The summed E-state index contributed by atoms with van der Waals surface area (Å²) in [7, 11) is 0. The molecule has 1 aromatic rings. The Bertz CT molecular complexity index is 374. The summed E-state index contributed by atoms with van der Waals surface area (Å²) in [4.78, 5) is 8.77. The van der Waals surface area contributed by atoms with Gasteiger partial charge in [0.05, 0.1) is 0 Å². The lowest BCUT2D eigenvalue weighted by Crippen LogP contribution is -2.30. The van der Waals surface area contributed by atoms with E-state index in [4.69, 9.17) is 9.90 Å². The van der Waals surface area contributed by atoms with Gasteiger partial charge in [-0.15, -0.1) is 0 Å². The molecule has 3 unspecified atom stereocenters. The van der Waals surface area contributed by atoms with E-state index in [9.17, 15) is 0 Å². The molecule has 0 saturated heterocycles. The lowest BCUT2D eigenvalue weighted by atomic mass is 9.64. The minimum Gasteiger partial charge on any atom is -0.469 e. The van der Waals surface area contributed by atoms with Crippen molar-refractivity contribution in [1.29, 1.82) is 0 Å². The summed E-state index contributed by atoms with van der Waals surface area (Å²) in [6.45, 7) is 4.71. The highest BCUT2D eigenvalue weighted by Gasteiger charge is 2.34. The zero-order chi connectivity index (χ0) is 13.0. The molecular weight excluding hydrogens is 303 g/mol. The molecule has 4 heteroatoms. The number of carbonyl (C=O) groups is 1. The predicted octanol–water partition coefficient (Wildman–Crippen LogP) is 5.11. The molecule has 1 aliphatic carbocycles. The van der Waals surface area contributed by atoms with E-state index in [2.05, 4.69) is 65.6 Å². The number of carboxylic acid groups (broad SMARTS) is 1. The predicted molar refractivity (Wildman–Crippen MR) is 73.7 cm³/mol. The van der Waals surface area contributed by atoms with Crippen molar-refractivity contribution in [2.24, 2.45) is 11.8 Å². The fourth-order valence-electron chi connectivity index (χ4n) is 2.18. The molecule has 17 heavy (non-hydrogen) atoms. The molecule has 3 atom stereocenters. The van der Waals surface area contributed by atoms with Gasteiger partial charge in [-0.2, -0.15) is 0 Å². The Hall–Kier alpha value is -0.540. The van der Waals surface area contributed by atoms with E-state index in [0.29, 0.717) is 0 Å². The summed E-state index contributed by atoms with van der Waals surface area (Å²) in [5.41, 5.74) is 0.147. The highest BCUT2D eigenvalue weighted by Crippen LogP contribution is 2.46. The average Bonchev–Trinajstić information content (AvgIpc) is 2.26. The van der Waals surface area contributed by atoms with Crippen LogP contribution < -0.4 is 0 Å². The molecule has 0 bridgehead atoms. The van der Waals surface area contributed by atoms with Crippen molar-refractivity contribution in [2.75, 3.05) is 0 Å². The molecule has 1 aliphatic rings. The molecule has 0 amide bonds. The second-order valence-electron chi connectivity index (χ2n) is 4.48. The number of hydrogen-bond donors (Lipinski definition) is 1. The molecule has 0 radical (unpaired) electrons. The first-order valence-corrected chi connectivity index (χ1v) is 6.72. The minimum atomic E-state index is -1.36. The minimum absolute atomic E-state index is 0.808. The van der Waals surface area contributed by atoms with E-state index in [1.54, 1.807) is 0 Å². The second-order valence-corrected chi connectivity index (χ2v) is 5.72. The van der Waals surface area contributed by atoms with Crippen molar-refractivity contribution < 1.29 is 9.90 Å². The lowest BCUT2D eigenvalue weighted by Gasteiger charge is -2.41. The first-order chi connectivity index (χ1) is 7.91. The molecular formula is C13H16BrClO2. The molecule has 94 valence electrons. The van der Waals surface area contributed by atoms with E-state index in [1.807, 2.05) is 0 Å². The Balaban J connectivity index is 0.000000317. The Morgan fingerprint density at radius 1 is 1.35 bits per heavy atom. The normalized spacial score (nSPS) is 26.5. The topological polar surface area (TPSA) is 37.3 Å². The van der Waals surface area contributed by atoms with E-state index < -0.39 is 5.43 Å². The van der Waals surface area contributed by atoms with Crippen LogP contribution in [0.3, 0.4) is 0 Å². The van der Waals surface area contributed by atoms with Crippen LogP contribution >= 0.6 is 27.5 Å². The van der Waals surface area contributed by atoms with Gasteiger partial charge < -0.3 is 5.11 Å². The highest BCUT2D eigenvalue weighted by atomic mass is 79.9. The summed E-state index contributed by atoms with van der Waals surface area (Å²) < 4.78 is 1.18.